The molecule has 0 bridgehead atoms. The van der Waals surface area contributed by atoms with Crippen molar-refractivity contribution in [2.75, 3.05) is 5.32 Å². The van der Waals surface area contributed by atoms with Gasteiger partial charge in [-0.05, 0) is 71.6 Å². The topological polar surface area (TPSA) is 132 Å². The minimum Gasteiger partial charge on any atom is -0.322 e. The highest BCUT2D eigenvalue weighted by Gasteiger charge is 2.32. The number of aromatic nitrogens is 3. The third kappa shape index (κ3) is 6.30. The van der Waals surface area contributed by atoms with Crippen molar-refractivity contribution in [3.05, 3.63) is 149 Å². The molecule has 12 heteroatoms. The molecular weight excluding hydrogens is 621 g/mol. The summed E-state index contributed by atoms with van der Waals surface area (Å²) < 4.78 is 1.86. The van der Waals surface area contributed by atoms with Crippen molar-refractivity contribution in [2.45, 2.75) is 42.8 Å². The molecule has 0 radical (unpaired) electrons. The van der Waals surface area contributed by atoms with Crippen molar-refractivity contribution >= 4 is 46.5 Å². The fourth-order valence-electron chi connectivity index (χ4n) is 5.14. The summed E-state index contributed by atoms with van der Waals surface area (Å²) in [5, 5.41) is 15.1. The van der Waals surface area contributed by atoms with E-state index in [1.807, 2.05) is 42.5 Å². The lowest BCUT2D eigenvalue weighted by molar-refractivity contribution is -0.384. The molecular formula is C34H28N6O4S2. The van der Waals surface area contributed by atoms with Crippen molar-refractivity contribution in [3.8, 4) is 0 Å². The van der Waals surface area contributed by atoms with E-state index >= 15 is 0 Å². The number of benzene rings is 3. The Balaban J connectivity index is 1.51. The highest BCUT2D eigenvalue weighted by Crippen LogP contribution is 2.33. The van der Waals surface area contributed by atoms with Gasteiger partial charge in [-0.25, -0.2) is 15.0 Å². The van der Waals surface area contributed by atoms with Gasteiger partial charge in [0.2, 0.25) is 0 Å². The fraction of sp³-hybridized carbons (Fsp3) is 0.147. The van der Waals surface area contributed by atoms with Crippen molar-refractivity contribution in [3.63, 3.8) is 0 Å². The summed E-state index contributed by atoms with van der Waals surface area (Å²) in [7, 11) is 0. The summed E-state index contributed by atoms with van der Waals surface area (Å²) >= 11 is 2.40. The fourth-order valence-corrected chi connectivity index (χ4v) is 6.98. The van der Waals surface area contributed by atoms with Crippen LogP contribution in [0.15, 0.2) is 122 Å². The van der Waals surface area contributed by atoms with E-state index in [0.29, 0.717) is 47.8 Å². The zero-order chi connectivity index (χ0) is 32.4. The van der Waals surface area contributed by atoms with Crippen LogP contribution in [0.25, 0.3) is 6.08 Å². The molecule has 0 spiro atoms. The number of hydrogen-bond donors (Lipinski definition) is 1. The van der Waals surface area contributed by atoms with Gasteiger partial charge in [0.25, 0.3) is 17.2 Å². The van der Waals surface area contributed by atoms with Crippen LogP contribution in [0.2, 0.25) is 0 Å². The highest BCUT2D eigenvalue weighted by molar-refractivity contribution is 7.99. The standard InChI is InChI=1S/C34H28N6O4S2/c1-20(2)22-10-12-23(13-11-22)30-29(31(41)38-25-8-5-4-6-9-25)21(3)37-34-39(30)32(42)28(46-34)19-24-18-26(40(43)44)14-15-27(24)45-33-35-16-7-17-36-33/h4-20,30H,1-3H3,(H,38,41)/b28-19+/t30-/m1/s1. The van der Waals surface area contributed by atoms with Gasteiger partial charge in [-0.15, -0.1) is 0 Å². The second-order valence-corrected chi connectivity index (χ2v) is 12.9. The third-order valence-electron chi connectivity index (χ3n) is 7.45. The number of thiazole rings is 1. The van der Waals surface area contributed by atoms with Crippen LogP contribution in [0.5, 0.6) is 0 Å². The second-order valence-electron chi connectivity index (χ2n) is 10.8. The van der Waals surface area contributed by atoms with Gasteiger partial charge in [-0.1, -0.05) is 67.6 Å². The predicted octanol–water partition coefficient (Wildman–Crippen LogP) is 5.85. The molecule has 2 aromatic heterocycles. The van der Waals surface area contributed by atoms with E-state index in [4.69, 9.17) is 4.99 Å². The first-order valence-corrected chi connectivity index (χ1v) is 16.0. The lowest BCUT2D eigenvalue weighted by atomic mass is 9.93. The first kappa shape index (κ1) is 30.8. The van der Waals surface area contributed by atoms with Crippen LogP contribution in [0.4, 0.5) is 11.4 Å². The number of allylic oxidation sites excluding steroid dienone is 1. The van der Waals surface area contributed by atoms with E-state index in [0.717, 1.165) is 11.1 Å². The Hall–Kier alpha value is -5.20. The normalized spacial score (nSPS) is 14.6. The molecule has 0 saturated carbocycles. The summed E-state index contributed by atoms with van der Waals surface area (Å²) in [4.78, 5) is 53.6. The summed E-state index contributed by atoms with van der Waals surface area (Å²) in [5.41, 5.74) is 3.35. The molecule has 5 aromatic rings. The largest absolute Gasteiger partial charge is 0.322 e. The van der Waals surface area contributed by atoms with E-state index in [-0.39, 0.29) is 17.2 Å². The van der Waals surface area contributed by atoms with Gasteiger partial charge in [0.1, 0.15) is 0 Å². The number of para-hydroxylation sites is 1. The lowest BCUT2D eigenvalue weighted by Gasteiger charge is -2.25. The van der Waals surface area contributed by atoms with Crippen molar-refractivity contribution in [1.82, 2.24) is 14.5 Å². The van der Waals surface area contributed by atoms with Crippen LogP contribution in [0.1, 0.15) is 49.4 Å². The molecule has 0 aliphatic carbocycles. The molecule has 230 valence electrons. The van der Waals surface area contributed by atoms with Crippen LogP contribution in [0, 0.1) is 10.1 Å². The Morgan fingerprint density at radius 1 is 1.04 bits per heavy atom. The molecule has 1 aliphatic heterocycles. The average molecular weight is 649 g/mol. The van der Waals surface area contributed by atoms with E-state index in [2.05, 4.69) is 29.1 Å². The van der Waals surface area contributed by atoms with E-state index in [1.165, 1.54) is 39.8 Å². The molecule has 1 aliphatic rings. The van der Waals surface area contributed by atoms with Crippen LogP contribution in [0.3, 0.4) is 0 Å². The van der Waals surface area contributed by atoms with Gasteiger partial charge in [-0.2, -0.15) is 0 Å². The molecule has 1 atom stereocenters. The van der Waals surface area contributed by atoms with E-state index < -0.39 is 11.0 Å². The Bertz CT molecular complexity index is 2160. The number of amides is 1. The number of nitro groups is 1. The van der Waals surface area contributed by atoms with Gasteiger partial charge in [-0.3, -0.25) is 24.3 Å². The molecule has 3 heterocycles. The molecule has 10 nitrogen and oxygen atoms in total. The number of carbonyl (C=O) groups is 1. The Morgan fingerprint density at radius 3 is 2.43 bits per heavy atom. The average Bonchev–Trinajstić information content (AvgIpc) is 3.35. The number of nitrogens with zero attached hydrogens (tertiary/aromatic N) is 5. The SMILES string of the molecule is CC1=C(C(=O)Nc2ccccc2)[C@@H](c2ccc(C(C)C)cc2)n2c(s/c(=C/c3cc([N+](=O)[O-])ccc3Sc3ncccn3)c2=O)=N1. The molecule has 0 unspecified atom stereocenters. The summed E-state index contributed by atoms with van der Waals surface area (Å²) in [6, 6.07) is 22.4. The van der Waals surface area contributed by atoms with Crippen LogP contribution in [-0.4, -0.2) is 25.4 Å². The van der Waals surface area contributed by atoms with Crippen LogP contribution < -0.4 is 20.2 Å². The van der Waals surface area contributed by atoms with Crippen LogP contribution >= 0.6 is 23.1 Å². The summed E-state index contributed by atoms with van der Waals surface area (Å²) in [6.07, 6.45) is 4.85. The van der Waals surface area contributed by atoms with Gasteiger partial charge >= 0.3 is 0 Å². The summed E-state index contributed by atoms with van der Waals surface area (Å²) in [6.45, 7) is 5.97. The maximum absolute atomic E-state index is 14.3. The Morgan fingerprint density at radius 2 is 1.76 bits per heavy atom. The minimum absolute atomic E-state index is 0.115. The van der Waals surface area contributed by atoms with Crippen molar-refractivity contribution in [2.24, 2.45) is 4.99 Å². The number of rotatable bonds is 8. The quantitative estimate of drug-likeness (QED) is 0.127. The third-order valence-corrected chi connectivity index (χ3v) is 9.42. The van der Waals surface area contributed by atoms with E-state index in [1.54, 1.807) is 49.7 Å². The molecule has 0 saturated heterocycles. The monoisotopic (exact) mass is 648 g/mol. The maximum atomic E-state index is 14.3. The highest BCUT2D eigenvalue weighted by atomic mass is 32.2. The zero-order valence-corrected chi connectivity index (χ0v) is 26.7. The number of hydrogen-bond acceptors (Lipinski definition) is 9. The van der Waals surface area contributed by atoms with Crippen LogP contribution in [-0.2, 0) is 4.79 Å². The number of carbonyl (C=O) groups excluding carboxylic acids is 1. The molecule has 1 N–H and O–H groups in total. The lowest BCUT2D eigenvalue weighted by Crippen LogP contribution is -2.40. The van der Waals surface area contributed by atoms with Gasteiger partial charge in [0.05, 0.1) is 26.8 Å². The Labute approximate surface area is 272 Å². The number of nitro benzene ring substituents is 1. The molecule has 6 rings (SSSR count). The molecule has 46 heavy (non-hydrogen) atoms. The number of anilines is 1. The van der Waals surface area contributed by atoms with Gasteiger partial charge in [0.15, 0.2) is 9.96 Å². The second kappa shape index (κ2) is 13.0. The first-order chi connectivity index (χ1) is 22.2. The maximum Gasteiger partial charge on any atom is 0.271 e. The minimum atomic E-state index is -0.750. The molecule has 0 fully saturated rings. The smallest absolute Gasteiger partial charge is 0.271 e. The first-order valence-electron chi connectivity index (χ1n) is 14.4. The summed E-state index contributed by atoms with van der Waals surface area (Å²) in [5.74, 6) is -0.0580. The van der Waals surface area contributed by atoms with Crippen molar-refractivity contribution < 1.29 is 9.72 Å². The van der Waals surface area contributed by atoms with Crippen molar-refractivity contribution in [1.29, 1.82) is 0 Å². The number of non-ortho nitro benzene ring substituents is 1. The number of fused-ring (bicyclic) bond motifs is 1. The number of nitrogens with one attached hydrogen (secondary N) is 1. The predicted molar refractivity (Wildman–Crippen MR) is 179 cm³/mol. The molecule has 3 aromatic carbocycles. The van der Waals surface area contributed by atoms with Gasteiger partial charge in [0, 0.05) is 35.1 Å². The Kier molecular flexibility index (Phi) is 8.73. The zero-order valence-electron chi connectivity index (χ0n) is 25.1. The molecule has 1 amide bonds. The van der Waals surface area contributed by atoms with Gasteiger partial charge < -0.3 is 5.32 Å². The van der Waals surface area contributed by atoms with E-state index in [9.17, 15) is 19.7 Å².